The van der Waals surface area contributed by atoms with Gasteiger partial charge in [0.25, 0.3) is 0 Å². The molecular formula is C15H24O6. The number of carboxylic acid groups (broad SMARTS) is 2. The Morgan fingerprint density at radius 1 is 1.10 bits per heavy atom. The molecule has 120 valence electrons. The first-order valence-electron chi connectivity index (χ1n) is 6.26. The van der Waals surface area contributed by atoms with Crippen LogP contribution in [0, 0.1) is 0 Å². The number of hydrogen-bond acceptors (Lipinski definition) is 4. The lowest BCUT2D eigenvalue weighted by atomic mass is 10.3. The molecule has 2 N–H and O–H groups in total. The number of carbonyl (C=O) groups is 3. The molecule has 0 heterocycles. The minimum atomic E-state index is -0.981. The van der Waals surface area contributed by atoms with Gasteiger partial charge in [0.1, 0.15) is 0 Å². The normalized spacial score (nSPS) is 7.90. The molecule has 6 nitrogen and oxygen atoms in total. The first-order valence-corrected chi connectivity index (χ1v) is 6.26. The molecule has 0 aromatic rings. The number of carboxylic acids is 2. The molecular weight excluding hydrogens is 276 g/mol. The van der Waals surface area contributed by atoms with Crippen molar-refractivity contribution in [3.63, 3.8) is 0 Å². The van der Waals surface area contributed by atoms with Crippen molar-refractivity contribution in [1.82, 2.24) is 0 Å². The number of rotatable bonds is 7. The van der Waals surface area contributed by atoms with Gasteiger partial charge >= 0.3 is 17.9 Å². The maximum absolute atomic E-state index is 10.4. The van der Waals surface area contributed by atoms with Crippen LogP contribution >= 0.6 is 0 Å². The van der Waals surface area contributed by atoms with Crippen molar-refractivity contribution in [2.75, 3.05) is 6.61 Å². The van der Waals surface area contributed by atoms with Crippen LogP contribution in [0.1, 0.15) is 33.1 Å². The molecule has 0 aromatic carbocycles. The predicted molar refractivity (Wildman–Crippen MR) is 81.0 cm³/mol. The minimum absolute atomic E-state index is 0.176. The zero-order valence-corrected chi connectivity index (χ0v) is 12.6. The lowest BCUT2D eigenvalue weighted by Crippen LogP contribution is -2.01. The van der Waals surface area contributed by atoms with Crippen molar-refractivity contribution in [2.24, 2.45) is 0 Å². The van der Waals surface area contributed by atoms with Crippen molar-refractivity contribution in [1.29, 1.82) is 0 Å². The second-order valence-corrected chi connectivity index (χ2v) is 3.71. The first-order chi connectivity index (χ1) is 9.72. The molecule has 0 aliphatic carbocycles. The summed E-state index contributed by atoms with van der Waals surface area (Å²) < 4.78 is 4.74. The topological polar surface area (TPSA) is 101 Å². The summed E-state index contributed by atoms with van der Waals surface area (Å²) in [5.41, 5.74) is 0.176. The molecule has 0 aliphatic heterocycles. The summed E-state index contributed by atoms with van der Waals surface area (Å²) in [5.74, 6) is -2.24. The van der Waals surface area contributed by atoms with Gasteiger partial charge in [-0.3, -0.25) is 0 Å². The Hall–Kier alpha value is -2.37. The van der Waals surface area contributed by atoms with E-state index in [2.05, 4.69) is 26.7 Å². The molecule has 0 radical (unpaired) electrons. The maximum atomic E-state index is 10.4. The van der Waals surface area contributed by atoms with Gasteiger partial charge in [-0.1, -0.05) is 39.5 Å². The Morgan fingerprint density at radius 3 is 1.76 bits per heavy atom. The smallest absolute Gasteiger partial charge is 0.330 e. The molecule has 0 rings (SSSR count). The van der Waals surface area contributed by atoms with Crippen LogP contribution in [0.15, 0.2) is 37.5 Å². The Morgan fingerprint density at radius 2 is 1.52 bits per heavy atom. The zero-order chi connectivity index (χ0) is 17.3. The van der Waals surface area contributed by atoms with E-state index in [1.807, 2.05) is 0 Å². The van der Waals surface area contributed by atoms with Gasteiger partial charge in [0.05, 0.1) is 6.61 Å². The number of aliphatic carboxylic acids is 2. The van der Waals surface area contributed by atoms with E-state index in [9.17, 15) is 14.4 Å². The summed E-state index contributed by atoms with van der Waals surface area (Å²) in [6.07, 6.45) is 5.23. The highest BCUT2D eigenvalue weighted by Crippen LogP contribution is 1.94. The molecule has 0 amide bonds. The van der Waals surface area contributed by atoms with Gasteiger partial charge in [0.2, 0.25) is 0 Å². The highest BCUT2D eigenvalue weighted by molar-refractivity contribution is 5.84. The fraction of sp³-hybridized carbons (Fsp3) is 0.400. The van der Waals surface area contributed by atoms with E-state index < -0.39 is 11.9 Å². The van der Waals surface area contributed by atoms with E-state index in [1.165, 1.54) is 13.0 Å². The fourth-order valence-corrected chi connectivity index (χ4v) is 0.584. The van der Waals surface area contributed by atoms with E-state index in [0.29, 0.717) is 6.61 Å². The van der Waals surface area contributed by atoms with Gasteiger partial charge in [0, 0.05) is 17.7 Å². The number of esters is 1. The predicted octanol–water partition coefficient (Wildman–Crippen LogP) is 2.81. The lowest BCUT2D eigenvalue weighted by molar-refractivity contribution is -0.138. The van der Waals surface area contributed by atoms with Crippen LogP contribution < -0.4 is 0 Å². The van der Waals surface area contributed by atoms with E-state index >= 15 is 0 Å². The van der Waals surface area contributed by atoms with Crippen LogP contribution in [0.3, 0.4) is 0 Å². The molecule has 0 saturated carbocycles. The molecule has 0 fully saturated rings. The summed E-state index contributed by atoms with van der Waals surface area (Å²) in [5, 5.41) is 15.5. The van der Waals surface area contributed by atoms with Crippen molar-refractivity contribution in [3.05, 3.63) is 37.5 Å². The summed E-state index contributed by atoms with van der Waals surface area (Å²) >= 11 is 0. The van der Waals surface area contributed by atoms with Crippen LogP contribution in [0.5, 0.6) is 0 Å². The van der Waals surface area contributed by atoms with Gasteiger partial charge in [-0.05, 0) is 13.3 Å². The monoisotopic (exact) mass is 300 g/mol. The average molecular weight is 300 g/mol. The summed E-state index contributed by atoms with van der Waals surface area (Å²) in [4.78, 5) is 29.3. The maximum Gasteiger partial charge on any atom is 0.330 e. The minimum Gasteiger partial charge on any atom is -0.478 e. The molecule has 0 atom stereocenters. The van der Waals surface area contributed by atoms with Crippen molar-refractivity contribution < 1.29 is 29.3 Å². The van der Waals surface area contributed by atoms with Gasteiger partial charge in [-0.25, -0.2) is 14.4 Å². The summed E-state index contributed by atoms with van der Waals surface area (Å²) in [6.45, 7) is 13.5. The number of carbonyl (C=O) groups excluding carboxylic acids is 1. The SMILES string of the molecule is C=C(C)C(=O)O.C=CC(=O)O.C=CC(=O)OCCCCC. The quantitative estimate of drug-likeness (QED) is 0.426. The standard InChI is InChI=1S/C8H14O2.C4H6O2.C3H4O2/c1-3-5-6-7-10-8(9)4-2;1-3(2)4(5)6;1-2-3(4)5/h4H,2-3,5-7H2,1H3;1H2,2H3,(H,5,6);2H,1H2,(H,4,5). The number of hydrogen-bond donors (Lipinski definition) is 2. The van der Waals surface area contributed by atoms with E-state index in [1.54, 1.807) is 0 Å². The molecule has 0 bridgehead atoms. The fourth-order valence-electron chi connectivity index (χ4n) is 0.584. The summed E-state index contributed by atoms with van der Waals surface area (Å²) in [6, 6.07) is 0. The lowest BCUT2D eigenvalue weighted by Gasteiger charge is -1.98. The van der Waals surface area contributed by atoms with Gasteiger partial charge in [-0.2, -0.15) is 0 Å². The molecule has 0 saturated heterocycles. The zero-order valence-electron chi connectivity index (χ0n) is 12.6. The molecule has 6 heteroatoms. The van der Waals surface area contributed by atoms with Crippen LogP contribution in [0.25, 0.3) is 0 Å². The number of ether oxygens (including phenoxy) is 1. The second kappa shape index (κ2) is 17.6. The molecule has 0 unspecified atom stereocenters. The van der Waals surface area contributed by atoms with Gasteiger partial charge in [-0.15, -0.1) is 0 Å². The van der Waals surface area contributed by atoms with Crippen LogP contribution in [-0.2, 0) is 19.1 Å². The first kappa shape index (κ1) is 23.7. The van der Waals surface area contributed by atoms with Crippen molar-refractivity contribution in [3.8, 4) is 0 Å². The Balaban J connectivity index is -0.000000252. The van der Waals surface area contributed by atoms with Crippen molar-refractivity contribution >= 4 is 17.9 Å². The third-order valence-corrected chi connectivity index (χ3v) is 1.70. The van der Waals surface area contributed by atoms with Gasteiger partial charge in [0.15, 0.2) is 0 Å². The molecule has 21 heavy (non-hydrogen) atoms. The summed E-state index contributed by atoms with van der Waals surface area (Å²) in [7, 11) is 0. The van der Waals surface area contributed by atoms with Gasteiger partial charge < -0.3 is 14.9 Å². The van der Waals surface area contributed by atoms with E-state index in [-0.39, 0.29) is 11.5 Å². The highest BCUT2D eigenvalue weighted by Gasteiger charge is 1.92. The van der Waals surface area contributed by atoms with Crippen LogP contribution in [-0.4, -0.2) is 34.7 Å². The second-order valence-electron chi connectivity index (χ2n) is 3.71. The van der Waals surface area contributed by atoms with Crippen LogP contribution in [0.2, 0.25) is 0 Å². The average Bonchev–Trinajstić information content (AvgIpc) is 2.44. The third kappa shape index (κ3) is 31.8. The Bertz CT molecular complexity index is 345. The number of unbranched alkanes of at least 4 members (excludes halogenated alkanes) is 2. The molecule has 0 aromatic heterocycles. The molecule has 0 aliphatic rings. The third-order valence-electron chi connectivity index (χ3n) is 1.70. The Kier molecular flexibility index (Phi) is 19.9. The largest absolute Gasteiger partial charge is 0.478 e. The highest BCUT2D eigenvalue weighted by atomic mass is 16.5. The van der Waals surface area contributed by atoms with E-state index in [0.717, 1.165) is 25.3 Å². The van der Waals surface area contributed by atoms with E-state index in [4.69, 9.17) is 14.9 Å². The molecule has 0 spiro atoms. The Labute approximate surface area is 125 Å². The van der Waals surface area contributed by atoms with Crippen LogP contribution in [0.4, 0.5) is 0 Å². The van der Waals surface area contributed by atoms with Crippen molar-refractivity contribution in [2.45, 2.75) is 33.1 Å².